The number of H-pyrrole nitrogens is 1. The van der Waals surface area contributed by atoms with Gasteiger partial charge < -0.3 is 31.7 Å². The number of phenolic OH excluding ortho intramolecular Hbond substituents is 1. The van der Waals surface area contributed by atoms with Crippen molar-refractivity contribution in [1.29, 1.82) is 5.41 Å². The number of amides is 5. The summed E-state index contributed by atoms with van der Waals surface area (Å²) in [7, 11) is 0. The van der Waals surface area contributed by atoms with Gasteiger partial charge in [0, 0.05) is 4.75 Å². The van der Waals surface area contributed by atoms with Crippen molar-refractivity contribution in [2.24, 2.45) is 5.73 Å². The van der Waals surface area contributed by atoms with E-state index >= 15 is 0 Å². The number of β-lactam (4-membered cyclic amide) rings is 1. The SMILES string of the molecule is CC1(C)S[C@H]2C(NC(=O)C(NC(=O)CNC(=O)NC(=N)N)c3ccc(O)cc3)C(=O)N2C1c1nnn[nH]1. The summed E-state index contributed by atoms with van der Waals surface area (Å²) in [5.41, 5.74) is 5.41. The average Bonchev–Trinajstić information content (AvgIpc) is 3.44. The van der Waals surface area contributed by atoms with Crippen molar-refractivity contribution in [3.63, 3.8) is 0 Å². The Labute approximate surface area is 214 Å². The number of aromatic hydroxyl groups is 1. The number of fused-ring (bicyclic) bond motifs is 1. The topological polar surface area (TPSA) is 244 Å². The quantitative estimate of drug-likeness (QED) is 0.113. The van der Waals surface area contributed by atoms with E-state index in [2.05, 4.69) is 36.6 Å². The number of guanidine groups is 1. The van der Waals surface area contributed by atoms with Gasteiger partial charge in [-0.3, -0.25) is 25.1 Å². The first-order chi connectivity index (χ1) is 17.5. The molecule has 3 heterocycles. The molecule has 2 aromatic rings. The van der Waals surface area contributed by atoms with E-state index in [1.165, 1.54) is 36.0 Å². The predicted molar refractivity (Wildman–Crippen MR) is 129 cm³/mol. The second-order valence-corrected chi connectivity index (χ2v) is 10.6. The monoisotopic (exact) mass is 531 g/mol. The fraction of sp³-hybridized carbons (Fsp3) is 0.400. The lowest BCUT2D eigenvalue weighted by molar-refractivity contribution is -0.152. The second kappa shape index (κ2) is 9.92. The molecule has 0 bridgehead atoms. The second-order valence-electron chi connectivity index (χ2n) is 8.85. The minimum atomic E-state index is -1.23. The van der Waals surface area contributed by atoms with Crippen LogP contribution in [0.3, 0.4) is 0 Å². The zero-order valence-corrected chi connectivity index (χ0v) is 20.5. The van der Waals surface area contributed by atoms with Crippen molar-refractivity contribution in [2.45, 2.75) is 42.1 Å². The first-order valence-electron chi connectivity index (χ1n) is 11.0. The van der Waals surface area contributed by atoms with Crippen molar-refractivity contribution in [1.82, 2.24) is 46.8 Å². The number of nitrogens with two attached hydrogens (primary N) is 1. The van der Waals surface area contributed by atoms with E-state index in [1.54, 1.807) is 4.90 Å². The summed E-state index contributed by atoms with van der Waals surface area (Å²) >= 11 is 1.49. The highest BCUT2D eigenvalue weighted by Gasteiger charge is 2.63. The molecule has 16 nitrogen and oxygen atoms in total. The third kappa shape index (κ3) is 5.25. The third-order valence-corrected chi connectivity index (χ3v) is 7.38. The highest BCUT2D eigenvalue weighted by atomic mass is 32.2. The molecule has 0 saturated carbocycles. The van der Waals surface area contributed by atoms with Crippen LogP contribution >= 0.6 is 11.8 Å². The normalized spacial score (nSPS) is 22.3. The van der Waals surface area contributed by atoms with Crippen LogP contribution in [-0.4, -0.2) is 83.1 Å². The first kappa shape index (κ1) is 25.7. The Kier molecular flexibility index (Phi) is 6.88. The van der Waals surface area contributed by atoms with Crippen LogP contribution in [0.2, 0.25) is 0 Å². The minimum Gasteiger partial charge on any atom is -0.508 e. The van der Waals surface area contributed by atoms with Gasteiger partial charge in [0.2, 0.25) is 17.7 Å². The zero-order chi connectivity index (χ0) is 26.9. The summed E-state index contributed by atoms with van der Waals surface area (Å²) in [4.78, 5) is 52.1. The number of nitrogens with one attached hydrogen (secondary N) is 6. The molecule has 196 valence electrons. The Morgan fingerprint density at radius 1 is 1.30 bits per heavy atom. The summed E-state index contributed by atoms with van der Waals surface area (Å²) in [6.45, 7) is 3.38. The van der Waals surface area contributed by atoms with Crippen LogP contribution in [0.4, 0.5) is 4.79 Å². The van der Waals surface area contributed by atoms with E-state index in [-0.39, 0.29) is 17.0 Å². The molecule has 1 aromatic carbocycles. The summed E-state index contributed by atoms with van der Waals surface area (Å²) in [6, 6.07) is 2.22. The average molecular weight is 532 g/mol. The standard InChI is InChI=1S/C20H25N11O5S/c1-20(2)13(14-27-29-30-28-14)31-16(35)12(17(31)37-20)25-15(34)11(8-3-5-9(32)6-4-8)24-10(33)7-23-19(36)26-18(21)22/h3-6,11-13,17,32H,7H2,1-2H3,(H,24,33)(H,25,34)(H,27,28,29,30)(H5,21,22,23,26,36)/t11?,12?,13?,17-/m0/s1. The molecule has 5 amide bonds. The molecule has 1 aromatic heterocycles. The van der Waals surface area contributed by atoms with Crippen LogP contribution in [0, 0.1) is 5.41 Å². The number of benzene rings is 1. The molecule has 2 aliphatic rings. The molecule has 17 heteroatoms. The number of aromatic nitrogens is 4. The third-order valence-electron chi connectivity index (χ3n) is 5.81. The van der Waals surface area contributed by atoms with Crippen molar-refractivity contribution in [3.05, 3.63) is 35.7 Å². The number of tetrazole rings is 1. The van der Waals surface area contributed by atoms with E-state index < -0.39 is 53.2 Å². The number of thioether (sulfide) groups is 1. The number of hydrogen-bond donors (Lipinski definition) is 8. The van der Waals surface area contributed by atoms with Gasteiger partial charge in [-0.05, 0) is 42.0 Å². The highest BCUT2D eigenvalue weighted by Crippen LogP contribution is 2.56. The zero-order valence-electron chi connectivity index (χ0n) is 19.7. The minimum absolute atomic E-state index is 0.0425. The van der Waals surface area contributed by atoms with Crippen LogP contribution in [0.5, 0.6) is 5.75 Å². The van der Waals surface area contributed by atoms with Gasteiger partial charge in [0.1, 0.15) is 29.2 Å². The molecule has 0 aliphatic carbocycles. The van der Waals surface area contributed by atoms with Gasteiger partial charge in [-0.25, -0.2) is 9.89 Å². The molecule has 4 rings (SSSR count). The first-order valence-corrected chi connectivity index (χ1v) is 11.9. The van der Waals surface area contributed by atoms with Crippen molar-refractivity contribution < 1.29 is 24.3 Å². The van der Waals surface area contributed by atoms with E-state index in [1.807, 2.05) is 19.2 Å². The number of rotatable bonds is 7. The molecule has 2 aliphatic heterocycles. The van der Waals surface area contributed by atoms with Gasteiger partial charge in [0.25, 0.3) is 0 Å². The number of urea groups is 1. The number of carbonyl (C=O) groups is 4. The van der Waals surface area contributed by atoms with Gasteiger partial charge >= 0.3 is 6.03 Å². The van der Waals surface area contributed by atoms with Crippen LogP contribution in [-0.2, 0) is 14.4 Å². The molecule has 37 heavy (non-hydrogen) atoms. The maximum absolute atomic E-state index is 13.3. The number of aromatic amines is 1. The van der Waals surface area contributed by atoms with Gasteiger partial charge in [0.15, 0.2) is 11.8 Å². The summed E-state index contributed by atoms with van der Waals surface area (Å²) in [5, 5.41) is 39.5. The summed E-state index contributed by atoms with van der Waals surface area (Å²) in [6.07, 6.45) is 0. The lowest BCUT2D eigenvalue weighted by atomic mass is 9.95. The fourth-order valence-corrected chi connectivity index (χ4v) is 5.85. The van der Waals surface area contributed by atoms with Crippen LogP contribution < -0.4 is 27.0 Å². The van der Waals surface area contributed by atoms with Crippen LogP contribution in [0.1, 0.15) is 37.3 Å². The smallest absolute Gasteiger partial charge is 0.321 e. The number of nitrogens with zero attached hydrogens (tertiary/aromatic N) is 4. The lowest BCUT2D eigenvalue weighted by Gasteiger charge is -2.44. The predicted octanol–water partition coefficient (Wildman–Crippen LogP) is -1.82. The molecule has 2 fully saturated rings. The molecule has 0 radical (unpaired) electrons. The molecule has 4 atom stereocenters. The Bertz CT molecular complexity index is 1220. The van der Waals surface area contributed by atoms with E-state index in [4.69, 9.17) is 11.1 Å². The highest BCUT2D eigenvalue weighted by molar-refractivity contribution is 8.01. The van der Waals surface area contributed by atoms with E-state index in [0.717, 1.165) is 0 Å². The molecule has 3 unspecified atom stereocenters. The molecule has 9 N–H and O–H groups in total. The maximum atomic E-state index is 13.3. The number of carbonyl (C=O) groups excluding carboxylic acids is 4. The van der Waals surface area contributed by atoms with Crippen LogP contribution in [0.15, 0.2) is 24.3 Å². The Morgan fingerprint density at radius 3 is 2.62 bits per heavy atom. The van der Waals surface area contributed by atoms with Gasteiger partial charge in [-0.1, -0.05) is 12.1 Å². The lowest BCUT2D eigenvalue weighted by Crippen LogP contribution is -2.68. The summed E-state index contributed by atoms with van der Waals surface area (Å²) < 4.78 is -0.447. The van der Waals surface area contributed by atoms with Crippen LogP contribution in [0.25, 0.3) is 0 Å². The Balaban J connectivity index is 1.46. The van der Waals surface area contributed by atoms with Gasteiger partial charge in [-0.15, -0.1) is 16.9 Å². The maximum Gasteiger partial charge on any atom is 0.321 e. The molecule has 0 spiro atoms. The number of phenols is 1. The van der Waals surface area contributed by atoms with E-state index in [0.29, 0.717) is 11.4 Å². The van der Waals surface area contributed by atoms with E-state index in [9.17, 15) is 24.3 Å². The number of hydrogen-bond acceptors (Lipinski definition) is 10. The fourth-order valence-electron chi connectivity index (χ4n) is 4.22. The van der Waals surface area contributed by atoms with Crippen molar-refractivity contribution in [3.8, 4) is 5.75 Å². The Morgan fingerprint density at radius 2 is 2.00 bits per heavy atom. The van der Waals surface area contributed by atoms with Crippen molar-refractivity contribution >= 4 is 41.5 Å². The van der Waals surface area contributed by atoms with Gasteiger partial charge in [0.05, 0.1) is 6.54 Å². The Hall–Kier alpha value is -4.41. The molecular formula is C20H25N11O5S. The molecule has 2 saturated heterocycles. The van der Waals surface area contributed by atoms with Crippen molar-refractivity contribution in [2.75, 3.05) is 6.54 Å². The summed E-state index contributed by atoms with van der Waals surface area (Å²) in [5.74, 6) is -1.91. The van der Waals surface area contributed by atoms with Gasteiger partial charge in [-0.2, -0.15) is 0 Å². The molecular weight excluding hydrogens is 506 g/mol. The largest absolute Gasteiger partial charge is 0.508 e.